The SMILES string of the molecule is C=C(I)c1ccc(C(C)(C)C)cc1. The second-order valence-electron chi connectivity index (χ2n) is 4.23. The number of hydrogen-bond acceptors (Lipinski definition) is 0. The fraction of sp³-hybridized carbons (Fsp3) is 0.333. The molecule has 0 saturated heterocycles. The van der Waals surface area contributed by atoms with E-state index in [1.54, 1.807) is 0 Å². The van der Waals surface area contributed by atoms with E-state index in [2.05, 4.69) is 74.2 Å². The first kappa shape index (κ1) is 10.8. The second-order valence-corrected chi connectivity index (χ2v) is 5.53. The van der Waals surface area contributed by atoms with Crippen LogP contribution in [-0.2, 0) is 5.41 Å². The van der Waals surface area contributed by atoms with E-state index in [0.29, 0.717) is 0 Å². The van der Waals surface area contributed by atoms with Crippen LogP contribution in [-0.4, -0.2) is 0 Å². The standard InChI is InChI=1S/C12H15I/c1-9(13)10-5-7-11(8-6-10)12(2,3)4/h5-8H,1H2,2-4H3. The van der Waals surface area contributed by atoms with E-state index in [1.165, 1.54) is 11.1 Å². The van der Waals surface area contributed by atoms with E-state index in [1.807, 2.05) is 0 Å². The fourth-order valence-corrected chi connectivity index (χ4v) is 1.51. The van der Waals surface area contributed by atoms with Crippen LogP contribution in [0, 0.1) is 0 Å². The van der Waals surface area contributed by atoms with Crippen LogP contribution in [0.4, 0.5) is 0 Å². The second kappa shape index (κ2) is 3.82. The normalized spacial score (nSPS) is 11.4. The molecular weight excluding hydrogens is 271 g/mol. The number of halogens is 1. The number of rotatable bonds is 1. The lowest BCUT2D eigenvalue weighted by Gasteiger charge is -2.18. The molecule has 0 aliphatic carbocycles. The van der Waals surface area contributed by atoms with Crippen LogP contribution in [0.25, 0.3) is 3.58 Å². The lowest BCUT2D eigenvalue weighted by molar-refractivity contribution is 0.590. The summed E-state index contributed by atoms with van der Waals surface area (Å²) in [7, 11) is 0. The van der Waals surface area contributed by atoms with Crippen molar-refractivity contribution in [1.82, 2.24) is 0 Å². The zero-order valence-corrected chi connectivity index (χ0v) is 10.6. The van der Waals surface area contributed by atoms with Crippen molar-refractivity contribution in [3.8, 4) is 0 Å². The lowest BCUT2D eigenvalue weighted by Crippen LogP contribution is -2.10. The van der Waals surface area contributed by atoms with Crippen LogP contribution in [0.2, 0.25) is 0 Å². The van der Waals surface area contributed by atoms with Gasteiger partial charge in [-0.05, 0) is 39.1 Å². The molecule has 0 saturated carbocycles. The molecule has 0 radical (unpaired) electrons. The van der Waals surface area contributed by atoms with Crippen molar-refractivity contribution in [2.75, 3.05) is 0 Å². The minimum absolute atomic E-state index is 0.241. The number of hydrogen-bond donors (Lipinski definition) is 0. The Morgan fingerprint density at radius 2 is 1.62 bits per heavy atom. The van der Waals surface area contributed by atoms with E-state index in [4.69, 9.17) is 0 Å². The Bertz CT molecular complexity index is 301. The van der Waals surface area contributed by atoms with Gasteiger partial charge in [0.2, 0.25) is 0 Å². The predicted octanol–water partition coefficient (Wildman–Crippen LogP) is 4.39. The molecule has 13 heavy (non-hydrogen) atoms. The third-order valence-electron chi connectivity index (χ3n) is 2.06. The molecule has 0 aliphatic heterocycles. The highest BCUT2D eigenvalue weighted by Gasteiger charge is 2.12. The Morgan fingerprint density at radius 1 is 1.15 bits per heavy atom. The first-order valence-electron chi connectivity index (χ1n) is 4.36. The summed E-state index contributed by atoms with van der Waals surface area (Å²) < 4.78 is 1.10. The molecule has 0 N–H and O–H groups in total. The summed E-state index contributed by atoms with van der Waals surface area (Å²) in [5, 5.41) is 0. The maximum absolute atomic E-state index is 3.90. The smallest absolute Gasteiger partial charge is 0.0130 e. The molecule has 0 bridgehead atoms. The van der Waals surface area contributed by atoms with Crippen LogP contribution in [0.1, 0.15) is 31.9 Å². The van der Waals surface area contributed by atoms with Gasteiger partial charge in [-0.1, -0.05) is 51.6 Å². The summed E-state index contributed by atoms with van der Waals surface area (Å²) in [5.41, 5.74) is 2.83. The molecule has 0 aromatic heterocycles. The molecule has 0 atom stereocenters. The Labute approximate surface area is 94.2 Å². The molecule has 0 fully saturated rings. The largest absolute Gasteiger partial charge is 0.0850 e. The third-order valence-corrected chi connectivity index (χ3v) is 2.69. The first-order valence-corrected chi connectivity index (χ1v) is 5.44. The zero-order chi connectivity index (χ0) is 10.1. The van der Waals surface area contributed by atoms with Gasteiger partial charge in [0.15, 0.2) is 0 Å². The van der Waals surface area contributed by atoms with Crippen LogP contribution < -0.4 is 0 Å². The molecule has 1 heteroatoms. The number of benzene rings is 1. The van der Waals surface area contributed by atoms with Crippen molar-refractivity contribution in [3.05, 3.63) is 42.0 Å². The molecule has 0 unspecified atom stereocenters. The average molecular weight is 286 g/mol. The van der Waals surface area contributed by atoms with Crippen molar-refractivity contribution in [1.29, 1.82) is 0 Å². The van der Waals surface area contributed by atoms with Crippen molar-refractivity contribution in [2.45, 2.75) is 26.2 Å². The minimum atomic E-state index is 0.241. The highest BCUT2D eigenvalue weighted by Crippen LogP contribution is 2.25. The molecule has 0 nitrogen and oxygen atoms in total. The Hall–Kier alpha value is -0.310. The minimum Gasteiger partial charge on any atom is -0.0850 e. The quantitative estimate of drug-likeness (QED) is 0.672. The van der Waals surface area contributed by atoms with E-state index in [0.717, 1.165) is 3.58 Å². The summed E-state index contributed by atoms with van der Waals surface area (Å²) in [4.78, 5) is 0. The first-order chi connectivity index (χ1) is 5.91. The molecule has 0 amide bonds. The molecule has 70 valence electrons. The summed E-state index contributed by atoms with van der Waals surface area (Å²) in [6.07, 6.45) is 0. The van der Waals surface area contributed by atoms with Gasteiger partial charge in [-0.3, -0.25) is 0 Å². The maximum atomic E-state index is 3.90. The summed E-state index contributed by atoms with van der Waals surface area (Å²) in [5.74, 6) is 0. The van der Waals surface area contributed by atoms with E-state index in [9.17, 15) is 0 Å². The van der Waals surface area contributed by atoms with E-state index < -0.39 is 0 Å². The third kappa shape index (κ3) is 2.83. The van der Waals surface area contributed by atoms with Crippen molar-refractivity contribution < 1.29 is 0 Å². The molecular formula is C12H15I. The van der Waals surface area contributed by atoms with Gasteiger partial charge in [-0.2, -0.15) is 0 Å². The van der Waals surface area contributed by atoms with Crippen molar-refractivity contribution in [2.24, 2.45) is 0 Å². The Kier molecular flexibility index (Phi) is 3.17. The highest BCUT2D eigenvalue weighted by atomic mass is 127. The van der Waals surface area contributed by atoms with Crippen molar-refractivity contribution >= 4 is 26.2 Å². The topological polar surface area (TPSA) is 0 Å². The van der Waals surface area contributed by atoms with Gasteiger partial charge in [0.25, 0.3) is 0 Å². The van der Waals surface area contributed by atoms with Crippen LogP contribution in [0.3, 0.4) is 0 Å². The summed E-state index contributed by atoms with van der Waals surface area (Å²) in [6, 6.07) is 8.63. The van der Waals surface area contributed by atoms with Crippen LogP contribution >= 0.6 is 22.6 Å². The van der Waals surface area contributed by atoms with Gasteiger partial charge >= 0.3 is 0 Å². The van der Waals surface area contributed by atoms with Crippen molar-refractivity contribution in [3.63, 3.8) is 0 Å². The van der Waals surface area contributed by atoms with Gasteiger partial charge in [-0.15, -0.1) is 0 Å². The molecule has 0 heterocycles. The van der Waals surface area contributed by atoms with Gasteiger partial charge < -0.3 is 0 Å². The molecule has 1 rings (SSSR count). The lowest BCUT2D eigenvalue weighted by atomic mass is 9.87. The fourth-order valence-electron chi connectivity index (χ4n) is 1.15. The molecule has 1 aromatic carbocycles. The van der Waals surface area contributed by atoms with Crippen LogP contribution in [0.15, 0.2) is 30.8 Å². The summed E-state index contributed by atoms with van der Waals surface area (Å²) in [6.45, 7) is 10.6. The highest BCUT2D eigenvalue weighted by molar-refractivity contribution is 14.1. The Morgan fingerprint density at radius 3 is 1.92 bits per heavy atom. The Balaban J connectivity index is 3.01. The van der Waals surface area contributed by atoms with Gasteiger partial charge in [0.1, 0.15) is 0 Å². The predicted molar refractivity (Wildman–Crippen MR) is 68.2 cm³/mol. The van der Waals surface area contributed by atoms with E-state index in [-0.39, 0.29) is 5.41 Å². The monoisotopic (exact) mass is 286 g/mol. The van der Waals surface area contributed by atoms with Gasteiger partial charge in [0, 0.05) is 3.58 Å². The van der Waals surface area contributed by atoms with E-state index >= 15 is 0 Å². The maximum Gasteiger partial charge on any atom is 0.0130 e. The van der Waals surface area contributed by atoms with Gasteiger partial charge in [-0.25, -0.2) is 0 Å². The summed E-state index contributed by atoms with van der Waals surface area (Å²) >= 11 is 2.25. The molecule has 1 aromatic rings. The van der Waals surface area contributed by atoms with Crippen LogP contribution in [0.5, 0.6) is 0 Å². The molecule has 0 spiro atoms. The van der Waals surface area contributed by atoms with Gasteiger partial charge in [0.05, 0.1) is 0 Å². The molecule has 0 aliphatic rings. The average Bonchev–Trinajstić information content (AvgIpc) is 2.03. The zero-order valence-electron chi connectivity index (χ0n) is 8.39.